The van der Waals surface area contributed by atoms with E-state index in [-0.39, 0.29) is 0 Å². The molecule has 3 heteroatoms. The van der Waals surface area contributed by atoms with Crippen molar-refractivity contribution in [3.05, 3.63) is 0 Å². The first kappa shape index (κ1) is 14.8. The minimum absolute atomic E-state index is 0.483. The topological polar surface area (TPSA) is 61.8 Å². The summed E-state index contributed by atoms with van der Waals surface area (Å²) in [5, 5.41) is 12.1. The lowest BCUT2D eigenvalue weighted by atomic mass is 9.76. The van der Waals surface area contributed by atoms with Gasteiger partial charge in [0, 0.05) is 25.0 Å². The monoisotopic (exact) mass is 263 g/mol. The number of nitrogens with zero attached hydrogens (tertiary/aromatic N) is 1. The molecule has 0 aromatic heterocycles. The third-order valence-corrected chi connectivity index (χ3v) is 5.07. The van der Waals surface area contributed by atoms with Gasteiger partial charge in [0.05, 0.1) is 6.07 Å². The lowest BCUT2D eigenvalue weighted by molar-refractivity contribution is 0.215. The van der Waals surface area contributed by atoms with Gasteiger partial charge in [-0.3, -0.25) is 0 Å². The molecule has 2 fully saturated rings. The average molecular weight is 263 g/mol. The van der Waals surface area contributed by atoms with Crippen molar-refractivity contribution in [2.24, 2.45) is 17.6 Å². The van der Waals surface area contributed by atoms with Gasteiger partial charge in [0.15, 0.2) is 0 Å². The third-order valence-electron chi connectivity index (χ3n) is 5.07. The van der Waals surface area contributed by atoms with Crippen LogP contribution in [-0.4, -0.2) is 18.6 Å². The molecule has 0 bridgehead atoms. The predicted molar refractivity (Wildman–Crippen MR) is 78.5 cm³/mol. The van der Waals surface area contributed by atoms with Crippen molar-refractivity contribution in [3.63, 3.8) is 0 Å². The average Bonchev–Trinajstić information content (AvgIpc) is 2.44. The summed E-state index contributed by atoms with van der Waals surface area (Å²) in [7, 11) is 0. The SMILES string of the molecule is N#CCCNC1CCC(CC2CCC(N)CC2)CC1. The zero-order chi connectivity index (χ0) is 13.5. The summed E-state index contributed by atoms with van der Waals surface area (Å²) in [6.45, 7) is 0.867. The fourth-order valence-electron chi connectivity index (χ4n) is 3.83. The number of nitriles is 1. The molecule has 0 spiro atoms. The van der Waals surface area contributed by atoms with E-state index in [9.17, 15) is 0 Å². The van der Waals surface area contributed by atoms with Crippen LogP contribution >= 0.6 is 0 Å². The van der Waals surface area contributed by atoms with E-state index in [0.717, 1.165) is 18.4 Å². The Kier molecular flexibility index (Phi) is 6.13. The zero-order valence-corrected chi connectivity index (χ0v) is 12.1. The second kappa shape index (κ2) is 7.87. The number of nitrogens with one attached hydrogen (secondary N) is 1. The summed E-state index contributed by atoms with van der Waals surface area (Å²) in [5.41, 5.74) is 5.98. The van der Waals surface area contributed by atoms with Crippen molar-refractivity contribution in [1.29, 1.82) is 5.26 Å². The molecule has 3 N–H and O–H groups in total. The largest absolute Gasteiger partial charge is 0.328 e. The summed E-state index contributed by atoms with van der Waals surface area (Å²) in [5.74, 6) is 1.90. The van der Waals surface area contributed by atoms with Gasteiger partial charge in [-0.05, 0) is 69.6 Å². The highest BCUT2D eigenvalue weighted by Crippen LogP contribution is 2.34. The smallest absolute Gasteiger partial charge is 0.0635 e. The Bertz CT molecular complexity index is 281. The van der Waals surface area contributed by atoms with Crippen LogP contribution in [0, 0.1) is 23.2 Å². The molecule has 3 nitrogen and oxygen atoms in total. The molecule has 0 radical (unpaired) electrons. The summed E-state index contributed by atoms with van der Waals surface area (Å²) in [6.07, 6.45) is 12.7. The Morgan fingerprint density at radius 2 is 1.53 bits per heavy atom. The molecule has 2 saturated carbocycles. The molecule has 0 unspecified atom stereocenters. The second-order valence-corrected chi connectivity index (χ2v) is 6.60. The van der Waals surface area contributed by atoms with Crippen LogP contribution in [0.2, 0.25) is 0 Å². The number of hydrogen-bond acceptors (Lipinski definition) is 3. The van der Waals surface area contributed by atoms with Gasteiger partial charge in [0.1, 0.15) is 0 Å². The Balaban J connectivity index is 1.59. The summed E-state index contributed by atoms with van der Waals surface area (Å²) in [6, 6.07) is 3.35. The van der Waals surface area contributed by atoms with E-state index in [1.807, 2.05) is 0 Å². The van der Waals surface area contributed by atoms with Crippen LogP contribution in [0.25, 0.3) is 0 Å². The van der Waals surface area contributed by atoms with Gasteiger partial charge in [0.2, 0.25) is 0 Å². The van der Waals surface area contributed by atoms with Crippen LogP contribution in [0.15, 0.2) is 0 Å². The maximum absolute atomic E-state index is 8.54. The Morgan fingerprint density at radius 1 is 0.947 bits per heavy atom. The van der Waals surface area contributed by atoms with Gasteiger partial charge >= 0.3 is 0 Å². The van der Waals surface area contributed by atoms with Gasteiger partial charge in [-0.25, -0.2) is 0 Å². The van der Waals surface area contributed by atoms with Gasteiger partial charge in [-0.1, -0.05) is 0 Å². The van der Waals surface area contributed by atoms with Crippen molar-refractivity contribution in [2.45, 2.75) is 76.3 Å². The molecular weight excluding hydrogens is 234 g/mol. The lowest BCUT2D eigenvalue weighted by Crippen LogP contribution is -2.34. The second-order valence-electron chi connectivity index (χ2n) is 6.60. The Morgan fingerprint density at radius 3 is 2.11 bits per heavy atom. The minimum atomic E-state index is 0.483. The summed E-state index contributed by atoms with van der Waals surface area (Å²) < 4.78 is 0. The summed E-state index contributed by atoms with van der Waals surface area (Å²) in [4.78, 5) is 0. The van der Waals surface area contributed by atoms with Gasteiger partial charge < -0.3 is 11.1 Å². The molecular formula is C16H29N3. The normalized spacial score (nSPS) is 35.8. The number of nitrogens with two attached hydrogens (primary N) is 1. The van der Waals surface area contributed by atoms with E-state index in [4.69, 9.17) is 11.0 Å². The van der Waals surface area contributed by atoms with Gasteiger partial charge in [0.25, 0.3) is 0 Å². The molecule has 0 aliphatic heterocycles. The van der Waals surface area contributed by atoms with E-state index in [2.05, 4.69) is 11.4 Å². The molecule has 0 atom stereocenters. The predicted octanol–water partition coefficient (Wildman–Crippen LogP) is 2.96. The van der Waals surface area contributed by atoms with E-state index >= 15 is 0 Å². The van der Waals surface area contributed by atoms with E-state index in [0.29, 0.717) is 18.5 Å². The molecule has 0 amide bonds. The molecule has 0 aromatic carbocycles. The Labute approximate surface area is 117 Å². The molecule has 0 heterocycles. The third kappa shape index (κ3) is 5.12. The maximum Gasteiger partial charge on any atom is 0.0635 e. The highest BCUT2D eigenvalue weighted by atomic mass is 14.9. The van der Waals surface area contributed by atoms with E-state index in [1.165, 1.54) is 57.8 Å². The quantitative estimate of drug-likeness (QED) is 0.750. The highest BCUT2D eigenvalue weighted by Gasteiger charge is 2.25. The fraction of sp³-hybridized carbons (Fsp3) is 0.938. The zero-order valence-electron chi connectivity index (χ0n) is 12.1. The van der Waals surface area contributed by atoms with Crippen LogP contribution in [-0.2, 0) is 0 Å². The minimum Gasteiger partial charge on any atom is -0.328 e. The first-order valence-electron chi connectivity index (χ1n) is 8.14. The molecule has 19 heavy (non-hydrogen) atoms. The van der Waals surface area contributed by atoms with Crippen LogP contribution in [0.3, 0.4) is 0 Å². The molecule has 0 saturated heterocycles. The van der Waals surface area contributed by atoms with Crippen molar-refractivity contribution in [3.8, 4) is 6.07 Å². The van der Waals surface area contributed by atoms with Gasteiger partial charge in [-0.15, -0.1) is 0 Å². The lowest BCUT2D eigenvalue weighted by Gasteiger charge is -2.33. The van der Waals surface area contributed by atoms with Crippen LogP contribution < -0.4 is 11.1 Å². The van der Waals surface area contributed by atoms with Gasteiger partial charge in [-0.2, -0.15) is 5.26 Å². The molecule has 2 rings (SSSR count). The van der Waals surface area contributed by atoms with E-state index in [1.54, 1.807) is 0 Å². The first-order chi connectivity index (χ1) is 9.28. The Hall–Kier alpha value is -0.590. The first-order valence-corrected chi connectivity index (χ1v) is 8.14. The number of rotatable bonds is 5. The maximum atomic E-state index is 8.54. The van der Waals surface area contributed by atoms with Crippen molar-refractivity contribution < 1.29 is 0 Å². The molecule has 2 aliphatic carbocycles. The highest BCUT2D eigenvalue weighted by molar-refractivity contribution is 4.82. The van der Waals surface area contributed by atoms with E-state index < -0.39 is 0 Å². The van der Waals surface area contributed by atoms with Crippen molar-refractivity contribution in [1.82, 2.24) is 5.32 Å². The standard InChI is InChI=1S/C16H29N3/c17-10-1-11-19-16-8-4-14(5-9-16)12-13-2-6-15(18)7-3-13/h13-16,19H,1-9,11-12,18H2. The molecule has 108 valence electrons. The van der Waals surface area contributed by atoms with Crippen LogP contribution in [0.5, 0.6) is 0 Å². The van der Waals surface area contributed by atoms with Crippen LogP contribution in [0.4, 0.5) is 0 Å². The summed E-state index contributed by atoms with van der Waals surface area (Å²) >= 11 is 0. The van der Waals surface area contributed by atoms with Crippen LogP contribution in [0.1, 0.15) is 64.2 Å². The molecule has 2 aliphatic rings. The molecule has 0 aromatic rings. The van der Waals surface area contributed by atoms with Crippen molar-refractivity contribution >= 4 is 0 Å². The van der Waals surface area contributed by atoms with Crippen molar-refractivity contribution in [2.75, 3.05) is 6.54 Å². The fourth-order valence-corrected chi connectivity index (χ4v) is 3.83. The number of hydrogen-bond donors (Lipinski definition) is 2.